The summed E-state index contributed by atoms with van der Waals surface area (Å²) in [5.74, 6) is 1.53. The highest BCUT2D eigenvalue weighted by atomic mass is 32.1. The third-order valence-electron chi connectivity index (χ3n) is 4.98. The molecule has 1 aliphatic carbocycles. The Bertz CT molecular complexity index is 1190. The van der Waals surface area contributed by atoms with Crippen molar-refractivity contribution in [1.82, 2.24) is 15.0 Å². The van der Waals surface area contributed by atoms with Crippen LogP contribution in [0.25, 0.3) is 21.6 Å². The fourth-order valence-electron chi connectivity index (χ4n) is 3.64. The highest BCUT2D eigenvalue weighted by Crippen LogP contribution is 2.41. The van der Waals surface area contributed by atoms with E-state index in [2.05, 4.69) is 16.4 Å². The topological polar surface area (TPSA) is 74.5 Å². The first kappa shape index (κ1) is 16.8. The molecule has 0 spiro atoms. The molecule has 1 N–H and O–H groups in total. The molecule has 0 aliphatic heterocycles. The van der Waals surface area contributed by atoms with Crippen LogP contribution in [0.3, 0.4) is 0 Å². The quantitative estimate of drug-likeness (QED) is 0.534. The summed E-state index contributed by atoms with van der Waals surface area (Å²) in [4.78, 5) is 16.4. The molecule has 6 heteroatoms. The lowest BCUT2D eigenvalue weighted by Gasteiger charge is -2.10. The van der Waals surface area contributed by atoms with Crippen LogP contribution in [-0.2, 0) is 19.3 Å². The van der Waals surface area contributed by atoms with Crippen molar-refractivity contribution in [1.29, 1.82) is 5.26 Å². The molecule has 1 aliphatic rings. The van der Waals surface area contributed by atoms with Crippen molar-refractivity contribution >= 4 is 33.1 Å². The molecule has 28 heavy (non-hydrogen) atoms. The SMILES string of the molecule is N#CCc1ccc(Nc2nc(-c3cccnc3)nc3sc4c(c23)CCC4)cc1. The number of nitrogens with zero attached hydrogens (tertiary/aromatic N) is 4. The van der Waals surface area contributed by atoms with E-state index in [1.54, 1.807) is 23.7 Å². The second kappa shape index (κ2) is 7.02. The molecule has 0 radical (unpaired) electrons. The van der Waals surface area contributed by atoms with E-state index >= 15 is 0 Å². The van der Waals surface area contributed by atoms with Gasteiger partial charge in [0, 0.05) is 28.5 Å². The average molecular weight is 383 g/mol. The van der Waals surface area contributed by atoms with Crippen molar-refractivity contribution in [2.45, 2.75) is 25.7 Å². The van der Waals surface area contributed by atoms with Crippen molar-refractivity contribution < 1.29 is 0 Å². The van der Waals surface area contributed by atoms with E-state index in [-0.39, 0.29) is 0 Å². The average Bonchev–Trinajstić information content (AvgIpc) is 3.31. The van der Waals surface area contributed by atoms with Gasteiger partial charge in [-0.25, -0.2) is 9.97 Å². The fraction of sp³-hybridized carbons (Fsp3) is 0.182. The molecule has 0 bridgehead atoms. The van der Waals surface area contributed by atoms with E-state index < -0.39 is 0 Å². The van der Waals surface area contributed by atoms with Gasteiger partial charge in [0.25, 0.3) is 0 Å². The number of hydrogen-bond acceptors (Lipinski definition) is 6. The molecule has 0 saturated carbocycles. The number of aryl methyl sites for hydroxylation is 2. The summed E-state index contributed by atoms with van der Waals surface area (Å²) >= 11 is 1.78. The Kier molecular flexibility index (Phi) is 4.22. The number of fused-ring (bicyclic) bond motifs is 3. The summed E-state index contributed by atoms with van der Waals surface area (Å²) < 4.78 is 0. The van der Waals surface area contributed by atoms with Gasteiger partial charge in [-0.2, -0.15) is 5.26 Å². The van der Waals surface area contributed by atoms with Gasteiger partial charge in [-0.05, 0) is 54.7 Å². The minimum atomic E-state index is 0.418. The Hall–Kier alpha value is -3.30. The number of rotatable bonds is 4. The van der Waals surface area contributed by atoms with Crippen molar-refractivity contribution in [3.8, 4) is 17.5 Å². The van der Waals surface area contributed by atoms with Crippen molar-refractivity contribution in [3.05, 3.63) is 64.8 Å². The van der Waals surface area contributed by atoms with E-state index in [0.717, 1.165) is 45.7 Å². The predicted molar refractivity (Wildman–Crippen MR) is 112 cm³/mol. The summed E-state index contributed by atoms with van der Waals surface area (Å²) in [5.41, 5.74) is 4.26. The van der Waals surface area contributed by atoms with Gasteiger partial charge in [0.15, 0.2) is 5.82 Å². The smallest absolute Gasteiger partial charge is 0.164 e. The largest absolute Gasteiger partial charge is 0.340 e. The van der Waals surface area contributed by atoms with Gasteiger partial charge >= 0.3 is 0 Å². The van der Waals surface area contributed by atoms with Gasteiger partial charge < -0.3 is 5.32 Å². The van der Waals surface area contributed by atoms with Crippen LogP contribution in [0.4, 0.5) is 11.5 Å². The molecule has 3 heterocycles. The van der Waals surface area contributed by atoms with Gasteiger partial charge in [0.1, 0.15) is 10.6 Å². The third-order valence-corrected chi connectivity index (χ3v) is 6.17. The van der Waals surface area contributed by atoms with Crippen LogP contribution < -0.4 is 5.32 Å². The number of pyridine rings is 1. The molecule has 5 rings (SSSR count). The maximum atomic E-state index is 8.86. The van der Waals surface area contributed by atoms with Crippen molar-refractivity contribution in [2.24, 2.45) is 0 Å². The highest BCUT2D eigenvalue weighted by molar-refractivity contribution is 7.19. The van der Waals surface area contributed by atoms with Crippen LogP contribution in [0.2, 0.25) is 0 Å². The number of benzene rings is 1. The zero-order chi connectivity index (χ0) is 18.9. The molecule has 0 amide bonds. The molecule has 0 saturated heterocycles. The number of hydrogen-bond donors (Lipinski definition) is 1. The first-order chi connectivity index (χ1) is 13.8. The van der Waals surface area contributed by atoms with E-state index in [9.17, 15) is 0 Å². The van der Waals surface area contributed by atoms with Crippen LogP contribution in [-0.4, -0.2) is 15.0 Å². The number of nitrogens with one attached hydrogen (secondary N) is 1. The molecular formula is C22H17N5S. The minimum absolute atomic E-state index is 0.418. The third kappa shape index (κ3) is 3.00. The zero-order valence-corrected chi connectivity index (χ0v) is 16.0. The second-order valence-corrected chi connectivity index (χ2v) is 7.92. The first-order valence-corrected chi connectivity index (χ1v) is 10.1. The zero-order valence-electron chi connectivity index (χ0n) is 15.1. The van der Waals surface area contributed by atoms with Gasteiger partial charge in [0.05, 0.1) is 17.9 Å². The van der Waals surface area contributed by atoms with Crippen LogP contribution in [0, 0.1) is 11.3 Å². The Labute approximate surface area is 166 Å². The van der Waals surface area contributed by atoms with E-state index in [0.29, 0.717) is 12.2 Å². The number of thiophene rings is 1. The summed E-state index contributed by atoms with van der Waals surface area (Å²) in [6.07, 6.45) is 7.37. The molecule has 0 unspecified atom stereocenters. The Morgan fingerprint density at radius 3 is 2.79 bits per heavy atom. The van der Waals surface area contributed by atoms with Gasteiger partial charge in [-0.1, -0.05) is 12.1 Å². The molecule has 0 fully saturated rings. The Morgan fingerprint density at radius 2 is 2.00 bits per heavy atom. The van der Waals surface area contributed by atoms with Crippen molar-refractivity contribution in [3.63, 3.8) is 0 Å². The lowest BCUT2D eigenvalue weighted by atomic mass is 10.1. The summed E-state index contributed by atoms with van der Waals surface area (Å²) in [6, 6.07) is 14.0. The highest BCUT2D eigenvalue weighted by Gasteiger charge is 2.22. The lowest BCUT2D eigenvalue weighted by molar-refractivity contribution is 0.917. The van der Waals surface area contributed by atoms with Gasteiger partial charge in [-0.3, -0.25) is 4.98 Å². The number of nitriles is 1. The van der Waals surface area contributed by atoms with E-state index in [1.807, 2.05) is 36.4 Å². The number of anilines is 2. The maximum Gasteiger partial charge on any atom is 0.164 e. The first-order valence-electron chi connectivity index (χ1n) is 9.27. The second-order valence-electron chi connectivity index (χ2n) is 6.83. The standard InChI is InChI=1S/C22H17N5S/c23-11-10-14-6-8-16(9-7-14)25-21-19-17-4-1-5-18(17)28-22(19)27-20(26-21)15-3-2-12-24-13-15/h2-3,6-9,12-13H,1,4-5,10H2,(H,25,26,27). The van der Waals surface area contributed by atoms with Crippen LogP contribution in [0.1, 0.15) is 22.4 Å². The normalized spacial score (nSPS) is 12.7. The van der Waals surface area contributed by atoms with Crippen molar-refractivity contribution in [2.75, 3.05) is 5.32 Å². The lowest BCUT2D eigenvalue weighted by Crippen LogP contribution is -1.99. The van der Waals surface area contributed by atoms with E-state index in [4.69, 9.17) is 15.2 Å². The number of aromatic nitrogens is 3. The molecular weight excluding hydrogens is 366 g/mol. The van der Waals surface area contributed by atoms with Crippen LogP contribution in [0.5, 0.6) is 0 Å². The van der Waals surface area contributed by atoms with Crippen LogP contribution in [0.15, 0.2) is 48.8 Å². The maximum absolute atomic E-state index is 8.86. The molecule has 4 aromatic rings. The predicted octanol–water partition coefficient (Wildman–Crippen LogP) is 5.05. The summed E-state index contributed by atoms with van der Waals surface area (Å²) in [7, 11) is 0. The molecule has 0 atom stereocenters. The molecule has 136 valence electrons. The van der Waals surface area contributed by atoms with Gasteiger partial charge in [-0.15, -0.1) is 11.3 Å². The Balaban J connectivity index is 1.62. The summed E-state index contributed by atoms with van der Waals surface area (Å²) in [5, 5.41) is 13.5. The van der Waals surface area contributed by atoms with Gasteiger partial charge in [0.2, 0.25) is 0 Å². The Morgan fingerprint density at radius 1 is 1.11 bits per heavy atom. The van der Waals surface area contributed by atoms with E-state index in [1.165, 1.54) is 16.9 Å². The molecule has 1 aromatic carbocycles. The molecule has 5 nitrogen and oxygen atoms in total. The minimum Gasteiger partial charge on any atom is -0.340 e. The molecule has 3 aromatic heterocycles. The fourth-order valence-corrected chi connectivity index (χ4v) is 4.91. The monoisotopic (exact) mass is 383 g/mol. The summed E-state index contributed by atoms with van der Waals surface area (Å²) in [6.45, 7) is 0. The van der Waals surface area contributed by atoms with Crippen LogP contribution >= 0.6 is 11.3 Å².